The minimum atomic E-state index is -0.714. The Morgan fingerprint density at radius 3 is 2.54 bits per heavy atom. The lowest BCUT2D eigenvalue weighted by molar-refractivity contribution is -0.153. The number of carbonyl (C=O) groups is 3. The van der Waals surface area contributed by atoms with E-state index in [0.29, 0.717) is 29.9 Å². The first kappa shape index (κ1) is 18.5. The number of nitrogens with zero attached hydrogens (tertiary/aromatic N) is 4. The van der Waals surface area contributed by atoms with E-state index >= 15 is 0 Å². The van der Waals surface area contributed by atoms with Crippen molar-refractivity contribution in [1.82, 2.24) is 19.5 Å². The van der Waals surface area contributed by atoms with Crippen LogP contribution in [-0.4, -0.2) is 43.8 Å². The van der Waals surface area contributed by atoms with Crippen molar-refractivity contribution < 1.29 is 19.1 Å². The Hall–Kier alpha value is -2.88. The summed E-state index contributed by atoms with van der Waals surface area (Å²) in [7, 11) is 0. The molecule has 2 atom stereocenters. The summed E-state index contributed by atoms with van der Waals surface area (Å²) < 4.78 is 6.36. The molecular formula is C18H18N4O5S. The van der Waals surface area contributed by atoms with Crippen LogP contribution in [0.25, 0.3) is 4.96 Å². The van der Waals surface area contributed by atoms with Gasteiger partial charge in [-0.2, -0.15) is 9.61 Å². The van der Waals surface area contributed by atoms with Gasteiger partial charge in [0.1, 0.15) is 18.2 Å². The average molecular weight is 402 g/mol. The van der Waals surface area contributed by atoms with E-state index in [-0.39, 0.29) is 35.8 Å². The molecule has 0 unspecified atom stereocenters. The predicted molar refractivity (Wildman–Crippen MR) is 98.4 cm³/mol. The number of rotatable bonds is 5. The molecule has 0 saturated carbocycles. The van der Waals surface area contributed by atoms with Gasteiger partial charge in [-0.15, -0.1) is 0 Å². The molecule has 9 nitrogen and oxygen atoms in total. The molecule has 2 aliphatic rings. The fourth-order valence-corrected chi connectivity index (χ4v) is 4.32. The van der Waals surface area contributed by atoms with Crippen LogP contribution in [-0.2, 0) is 32.1 Å². The molecule has 1 fully saturated rings. The van der Waals surface area contributed by atoms with Crippen molar-refractivity contribution in [3.05, 3.63) is 39.3 Å². The summed E-state index contributed by atoms with van der Waals surface area (Å²) in [5.74, 6) is -2.13. The number of fused-ring (bicyclic) bond motifs is 2. The van der Waals surface area contributed by atoms with Crippen LogP contribution < -0.4 is 5.56 Å². The molecule has 0 aromatic carbocycles. The van der Waals surface area contributed by atoms with Crippen molar-refractivity contribution in [2.45, 2.75) is 32.8 Å². The summed E-state index contributed by atoms with van der Waals surface area (Å²) in [6, 6.07) is 1.26. The van der Waals surface area contributed by atoms with Crippen LogP contribution in [0.5, 0.6) is 0 Å². The fourth-order valence-electron chi connectivity index (χ4n) is 3.47. The molecule has 10 heteroatoms. The molecule has 146 valence electrons. The Kier molecular flexibility index (Phi) is 4.80. The quantitative estimate of drug-likeness (QED) is 0.411. The molecule has 28 heavy (non-hydrogen) atoms. The summed E-state index contributed by atoms with van der Waals surface area (Å²) in [6.45, 7) is 1.29. The number of ether oxygens (including phenoxy) is 1. The number of allylic oxidation sites excluding steroid dienone is 2. The van der Waals surface area contributed by atoms with Crippen LogP contribution in [0.4, 0.5) is 0 Å². The average Bonchev–Trinajstić information content (AvgIpc) is 3.22. The van der Waals surface area contributed by atoms with E-state index in [0.717, 1.165) is 9.91 Å². The van der Waals surface area contributed by atoms with Gasteiger partial charge >= 0.3 is 5.97 Å². The number of likely N-dealkylation sites (tertiary alicyclic amines) is 1. The number of amides is 2. The maximum atomic E-state index is 12.4. The van der Waals surface area contributed by atoms with Gasteiger partial charge in [0.25, 0.3) is 5.56 Å². The standard InChI is InChI=1S/C18H18N4O5S/c1-2-13-20-22-14(23)7-10(19-18(22)28-13)9-27-15(24)8-21-16(25)11-5-3-4-6-12(11)17(21)26/h3-4,7,11-12H,2,5-6,8-9H2,1H3/t11-,12+. The zero-order chi connectivity index (χ0) is 19.8. The van der Waals surface area contributed by atoms with E-state index < -0.39 is 12.5 Å². The summed E-state index contributed by atoms with van der Waals surface area (Å²) in [5.41, 5.74) is -0.0601. The Bertz CT molecular complexity index is 1030. The Balaban J connectivity index is 1.41. The molecule has 2 amide bonds. The van der Waals surface area contributed by atoms with Crippen LogP contribution in [0.15, 0.2) is 23.0 Å². The smallest absolute Gasteiger partial charge is 0.326 e. The highest BCUT2D eigenvalue weighted by Crippen LogP contribution is 2.34. The zero-order valence-corrected chi connectivity index (χ0v) is 16.0. The maximum Gasteiger partial charge on any atom is 0.326 e. The summed E-state index contributed by atoms with van der Waals surface area (Å²) >= 11 is 1.29. The van der Waals surface area contributed by atoms with Gasteiger partial charge in [0.2, 0.25) is 16.8 Å². The minimum Gasteiger partial charge on any atom is -0.458 e. The highest BCUT2D eigenvalue weighted by Gasteiger charge is 2.47. The van der Waals surface area contributed by atoms with Crippen molar-refractivity contribution in [2.24, 2.45) is 11.8 Å². The van der Waals surface area contributed by atoms with E-state index in [2.05, 4.69) is 10.1 Å². The molecule has 1 aliphatic carbocycles. The number of imide groups is 1. The van der Waals surface area contributed by atoms with Gasteiger partial charge in [0.15, 0.2) is 0 Å². The van der Waals surface area contributed by atoms with E-state index in [9.17, 15) is 19.2 Å². The van der Waals surface area contributed by atoms with E-state index in [1.165, 1.54) is 21.9 Å². The molecule has 2 aromatic heterocycles. The SMILES string of the molecule is CCc1nn2c(=O)cc(COC(=O)CN3C(=O)[C@H]4CC=CC[C@H]4C3=O)nc2s1. The molecule has 4 rings (SSSR count). The number of carbonyl (C=O) groups excluding carboxylic acids is 3. The molecule has 0 radical (unpaired) electrons. The largest absolute Gasteiger partial charge is 0.458 e. The lowest BCUT2D eigenvalue weighted by Gasteiger charge is -2.14. The summed E-state index contributed by atoms with van der Waals surface area (Å²) in [4.78, 5) is 54.7. The first-order valence-electron chi connectivity index (χ1n) is 9.02. The summed E-state index contributed by atoms with van der Waals surface area (Å²) in [5, 5.41) is 4.93. The topological polar surface area (TPSA) is 111 Å². The third-order valence-corrected chi connectivity index (χ3v) is 5.96. The Morgan fingerprint density at radius 2 is 1.89 bits per heavy atom. The van der Waals surface area contributed by atoms with Crippen molar-refractivity contribution in [3.63, 3.8) is 0 Å². The first-order valence-corrected chi connectivity index (χ1v) is 9.84. The second-order valence-corrected chi connectivity index (χ2v) is 7.75. The molecule has 0 N–H and O–H groups in total. The lowest BCUT2D eigenvalue weighted by Crippen LogP contribution is -2.36. The van der Waals surface area contributed by atoms with Gasteiger partial charge in [-0.05, 0) is 19.3 Å². The molecule has 3 heterocycles. The summed E-state index contributed by atoms with van der Waals surface area (Å²) in [6.07, 6.45) is 5.50. The normalized spacial score (nSPS) is 21.4. The highest BCUT2D eigenvalue weighted by molar-refractivity contribution is 7.16. The Morgan fingerprint density at radius 1 is 1.21 bits per heavy atom. The van der Waals surface area contributed by atoms with Gasteiger partial charge in [0.05, 0.1) is 17.5 Å². The van der Waals surface area contributed by atoms with Gasteiger partial charge in [0, 0.05) is 6.07 Å². The number of hydrogen-bond donors (Lipinski definition) is 0. The van der Waals surface area contributed by atoms with Gasteiger partial charge in [-0.3, -0.25) is 24.1 Å². The monoisotopic (exact) mass is 402 g/mol. The van der Waals surface area contributed by atoms with Crippen LogP contribution in [0.2, 0.25) is 0 Å². The van der Waals surface area contributed by atoms with E-state index in [4.69, 9.17) is 4.74 Å². The van der Waals surface area contributed by atoms with Crippen LogP contribution in [0.3, 0.4) is 0 Å². The highest BCUT2D eigenvalue weighted by atomic mass is 32.1. The second-order valence-electron chi connectivity index (χ2n) is 6.71. The van der Waals surface area contributed by atoms with Crippen LogP contribution >= 0.6 is 11.3 Å². The molecular weight excluding hydrogens is 384 g/mol. The molecule has 2 aromatic rings. The van der Waals surface area contributed by atoms with Gasteiger partial charge in [-0.25, -0.2) is 4.98 Å². The predicted octanol–water partition coefficient (Wildman–Crippen LogP) is 0.708. The second kappa shape index (κ2) is 7.27. The number of esters is 1. The van der Waals surface area contributed by atoms with Crippen LogP contribution in [0.1, 0.15) is 30.5 Å². The molecule has 1 aliphatic heterocycles. The maximum absolute atomic E-state index is 12.4. The first-order chi connectivity index (χ1) is 13.5. The number of hydrogen-bond acceptors (Lipinski definition) is 8. The van der Waals surface area contributed by atoms with E-state index in [1.54, 1.807) is 0 Å². The molecule has 1 saturated heterocycles. The molecule has 0 bridgehead atoms. The number of aromatic nitrogens is 3. The third kappa shape index (κ3) is 3.24. The van der Waals surface area contributed by atoms with Gasteiger partial charge < -0.3 is 4.74 Å². The van der Waals surface area contributed by atoms with Crippen molar-refractivity contribution in [1.29, 1.82) is 0 Å². The van der Waals surface area contributed by atoms with Crippen LogP contribution in [0, 0.1) is 11.8 Å². The molecule has 0 spiro atoms. The van der Waals surface area contributed by atoms with E-state index in [1.807, 2.05) is 19.1 Å². The lowest BCUT2D eigenvalue weighted by atomic mass is 9.85. The zero-order valence-electron chi connectivity index (χ0n) is 15.2. The third-order valence-electron chi connectivity index (χ3n) is 4.91. The van der Waals surface area contributed by atoms with Gasteiger partial charge in [-0.1, -0.05) is 30.4 Å². The number of aryl methyl sites for hydroxylation is 1. The van der Waals surface area contributed by atoms with Crippen molar-refractivity contribution >= 4 is 34.1 Å². The van der Waals surface area contributed by atoms with Crippen molar-refractivity contribution in [3.8, 4) is 0 Å². The minimum absolute atomic E-state index is 0.214. The Labute approximate surface area is 163 Å². The fraction of sp³-hybridized carbons (Fsp3) is 0.444. The van der Waals surface area contributed by atoms with Crippen molar-refractivity contribution in [2.75, 3.05) is 6.54 Å².